The summed E-state index contributed by atoms with van der Waals surface area (Å²) in [6.07, 6.45) is 4.89. The highest BCUT2D eigenvalue weighted by molar-refractivity contribution is 14.0. The third-order valence-corrected chi connectivity index (χ3v) is 4.89. The zero-order chi connectivity index (χ0) is 18.9. The average molecular weight is 495 g/mol. The number of rotatable bonds is 7. The molecule has 1 saturated heterocycles. The van der Waals surface area contributed by atoms with Crippen LogP contribution in [0.4, 0.5) is 5.69 Å². The maximum atomic E-state index is 11.7. The van der Waals surface area contributed by atoms with Crippen LogP contribution in [0.2, 0.25) is 0 Å². The summed E-state index contributed by atoms with van der Waals surface area (Å²) in [5.74, 6) is 0.854. The van der Waals surface area contributed by atoms with Crippen LogP contribution in [0.25, 0.3) is 0 Å². The van der Waals surface area contributed by atoms with E-state index >= 15 is 0 Å². The third-order valence-electron chi connectivity index (χ3n) is 4.89. The molecule has 152 valence electrons. The summed E-state index contributed by atoms with van der Waals surface area (Å²) in [5, 5.41) is 6.91. The van der Waals surface area contributed by atoms with E-state index < -0.39 is 0 Å². The van der Waals surface area contributed by atoms with E-state index in [1.54, 1.807) is 16.7 Å². The predicted octanol–water partition coefficient (Wildman–Crippen LogP) is 2.69. The van der Waals surface area contributed by atoms with Crippen LogP contribution < -0.4 is 21.1 Å². The first-order valence-corrected chi connectivity index (χ1v) is 9.69. The van der Waals surface area contributed by atoms with E-state index in [9.17, 15) is 4.79 Å². The summed E-state index contributed by atoms with van der Waals surface area (Å²) in [4.78, 5) is 18.4. The summed E-state index contributed by atoms with van der Waals surface area (Å²) in [6.45, 7) is 3.64. The van der Waals surface area contributed by atoms with Gasteiger partial charge in [-0.2, -0.15) is 0 Å². The number of pyridine rings is 1. The molecule has 1 aromatic heterocycles. The number of aryl methyl sites for hydroxylation is 1. The van der Waals surface area contributed by atoms with Gasteiger partial charge in [-0.05, 0) is 37.5 Å². The molecule has 2 heterocycles. The second kappa shape index (κ2) is 11.7. The quantitative estimate of drug-likeness (QED) is 0.269. The highest BCUT2D eigenvalue weighted by atomic mass is 127. The van der Waals surface area contributed by atoms with Gasteiger partial charge in [0.1, 0.15) is 0 Å². The minimum absolute atomic E-state index is 0. The van der Waals surface area contributed by atoms with Crippen LogP contribution in [0.5, 0.6) is 0 Å². The number of aliphatic imine (C=N–C) groups is 1. The zero-order valence-electron chi connectivity index (χ0n) is 16.4. The zero-order valence-corrected chi connectivity index (χ0v) is 18.7. The van der Waals surface area contributed by atoms with Crippen LogP contribution >= 0.6 is 24.0 Å². The monoisotopic (exact) mass is 495 g/mol. The number of guanidine groups is 1. The molecule has 0 spiro atoms. The summed E-state index contributed by atoms with van der Waals surface area (Å²) < 4.78 is 1.75. The highest BCUT2D eigenvalue weighted by Gasteiger charge is 2.23. The molecule has 1 aliphatic heterocycles. The molecule has 0 bridgehead atoms. The Morgan fingerprint density at radius 3 is 2.68 bits per heavy atom. The molecule has 28 heavy (non-hydrogen) atoms. The molecule has 2 N–H and O–H groups in total. The highest BCUT2D eigenvalue weighted by Crippen LogP contribution is 2.19. The molecule has 0 saturated carbocycles. The summed E-state index contributed by atoms with van der Waals surface area (Å²) in [5.41, 5.74) is 1.34. The van der Waals surface area contributed by atoms with Crippen LogP contribution in [0, 0.1) is 0 Å². The van der Waals surface area contributed by atoms with Gasteiger partial charge in [0.05, 0.1) is 0 Å². The number of benzene rings is 1. The molecule has 1 aliphatic rings. The van der Waals surface area contributed by atoms with Crippen molar-refractivity contribution in [2.45, 2.75) is 31.8 Å². The lowest BCUT2D eigenvalue weighted by molar-refractivity contribution is 0.580. The van der Waals surface area contributed by atoms with Crippen molar-refractivity contribution < 1.29 is 0 Å². The molecule has 2 aromatic rings. The predicted molar refractivity (Wildman–Crippen MR) is 127 cm³/mol. The van der Waals surface area contributed by atoms with Crippen molar-refractivity contribution in [3.05, 3.63) is 65.1 Å². The number of anilines is 1. The van der Waals surface area contributed by atoms with E-state index in [0.29, 0.717) is 6.04 Å². The largest absolute Gasteiger partial charge is 0.369 e. The molecular formula is C21H30IN5O. The van der Waals surface area contributed by atoms with E-state index in [1.807, 2.05) is 19.3 Å². The topological polar surface area (TPSA) is 61.7 Å². The lowest BCUT2D eigenvalue weighted by Gasteiger charge is -2.20. The van der Waals surface area contributed by atoms with Crippen molar-refractivity contribution in [2.24, 2.45) is 4.99 Å². The van der Waals surface area contributed by atoms with Crippen LogP contribution in [0.3, 0.4) is 0 Å². The molecule has 7 heteroatoms. The van der Waals surface area contributed by atoms with Gasteiger partial charge in [0, 0.05) is 57.2 Å². The maximum absolute atomic E-state index is 11.7. The van der Waals surface area contributed by atoms with Crippen molar-refractivity contribution >= 4 is 35.6 Å². The van der Waals surface area contributed by atoms with Crippen LogP contribution in [0.15, 0.2) is 64.5 Å². The standard InChI is InChI=1S/C21H29N5O.HI/c1-22-21(23-13-6-8-15-25-14-7-5-11-20(25)27)24-18-12-16-26(17-18)19-9-3-2-4-10-19;/h2-5,7,9-11,14,18H,6,8,12-13,15-17H2,1H3,(H2,22,23,24);1H. The van der Waals surface area contributed by atoms with Gasteiger partial charge in [0.25, 0.3) is 0 Å². The maximum Gasteiger partial charge on any atom is 0.250 e. The molecule has 6 nitrogen and oxygen atoms in total. The number of hydrogen-bond acceptors (Lipinski definition) is 3. The van der Waals surface area contributed by atoms with Crippen LogP contribution in [-0.4, -0.2) is 43.3 Å². The van der Waals surface area contributed by atoms with Gasteiger partial charge >= 0.3 is 0 Å². The normalized spacial score (nSPS) is 16.5. The van der Waals surface area contributed by atoms with E-state index in [0.717, 1.165) is 51.4 Å². The van der Waals surface area contributed by atoms with Crippen molar-refractivity contribution in [1.29, 1.82) is 0 Å². The number of halogens is 1. The van der Waals surface area contributed by atoms with Crippen LogP contribution in [-0.2, 0) is 6.54 Å². The molecule has 1 fully saturated rings. The van der Waals surface area contributed by atoms with Gasteiger partial charge in [0.15, 0.2) is 5.96 Å². The smallest absolute Gasteiger partial charge is 0.250 e. The SMILES string of the molecule is CN=C(NCCCCn1ccccc1=O)NC1CCN(c2ccccc2)C1.I. The fourth-order valence-electron chi connectivity index (χ4n) is 3.40. The molecule has 1 aromatic carbocycles. The van der Waals surface area contributed by atoms with Crippen molar-refractivity contribution in [3.63, 3.8) is 0 Å². The van der Waals surface area contributed by atoms with E-state index in [2.05, 4.69) is 50.9 Å². The van der Waals surface area contributed by atoms with Crippen molar-refractivity contribution in [1.82, 2.24) is 15.2 Å². The lowest BCUT2D eigenvalue weighted by Crippen LogP contribution is -2.44. The molecule has 1 unspecified atom stereocenters. The van der Waals surface area contributed by atoms with E-state index in [4.69, 9.17) is 0 Å². The first-order chi connectivity index (χ1) is 13.3. The fraction of sp³-hybridized carbons (Fsp3) is 0.429. The lowest BCUT2D eigenvalue weighted by atomic mass is 10.2. The van der Waals surface area contributed by atoms with Crippen LogP contribution in [0.1, 0.15) is 19.3 Å². The summed E-state index contributed by atoms with van der Waals surface area (Å²) >= 11 is 0. The third kappa shape index (κ3) is 6.54. The minimum atomic E-state index is 0. The molecule has 3 rings (SSSR count). The van der Waals surface area contributed by atoms with Gasteiger partial charge in [-0.25, -0.2) is 0 Å². The number of unbranched alkanes of at least 4 members (excludes halogenated alkanes) is 1. The number of para-hydroxylation sites is 1. The van der Waals surface area contributed by atoms with E-state index in [-0.39, 0.29) is 29.5 Å². The second-order valence-corrected chi connectivity index (χ2v) is 6.85. The van der Waals surface area contributed by atoms with Gasteiger partial charge in [-0.15, -0.1) is 24.0 Å². The van der Waals surface area contributed by atoms with Crippen molar-refractivity contribution in [3.8, 4) is 0 Å². The van der Waals surface area contributed by atoms with Crippen molar-refractivity contribution in [2.75, 3.05) is 31.6 Å². The molecular weight excluding hydrogens is 465 g/mol. The minimum Gasteiger partial charge on any atom is -0.369 e. The first-order valence-electron chi connectivity index (χ1n) is 9.69. The number of hydrogen-bond donors (Lipinski definition) is 2. The van der Waals surface area contributed by atoms with E-state index in [1.165, 1.54) is 5.69 Å². The van der Waals surface area contributed by atoms with Gasteiger partial charge in [-0.3, -0.25) is 9.79 Å². The van der Waals surface area contributed by atoms with Gasteiger partial charge in [0.2, 0.25) is 5.56 Å². The molecule has 0 radical (unpaired) electrons. The number of aromatic nitrogens is 1. The summed E-state index contributed by atoms with van der Waals surface area (Å²) in [6, 6.07) is 16.2. The Morgan fingerprint density at radius 1 is 1.14 bits per heavy atom. The Kier molecular flexibility index (Phi) is 9.33. The Labute approximate surface area is 184 Å². The Morgan fingerprint density at radius 2 is 1.93 bits per heavy atom. The number of nitrogens with zero attached hydrogens (tertiary/aromatic N) is 3. The summed E-state index contributed by atoms with van der Waals surface area (Å²) in [7, 11) is 1.81. The Bertz CT molecular complexity index is 793. The fourth-order valence-corrected chi connectivity index (χ4v) is 3.40. The Balaban J connectivity index is 0.00000280. The first kappa shape index (κ1) is 22.3. The number of nitrogens with one attached hydrogen (secondary N) is 2. The van der Waals surface area contributed by atoms with Gasteiger partial charge < -0.3 is 20.1 Å². The average Bonchev–Trinajstić information content (AvgIpc) is 3.17. The Hall–Kier alpha value is -2.03. The molecule has 0 aliphatic carbocycles. The molecule has 1 atom stereocenters. The molecule has 0 amide bonds. The second-order valence-electron chi connectivity index (χ2n) is 6.85. The van der Waals surface area contributed by atoms with Gasteiger partial charge in [-0.1, -0.05) is 24.3 Å².